The third kappa shape index (κ3) is 2.85. The average Bonchev–Trinajstić information content (AvgIpc) is 3.15. The van der Waals surface area contributed by atoms with Crippen molar-refractivity contribution in [3.63, 3.8) is 0 Å². The minimum absolute atomic E-state index is 0.279. The van der Waals surface area contributed by atoms with E-state index < -0.39 is 0 Å². The molecule has 0 saturated heterocycles. The highest BCUT2D eigenvalue weighted by molar-refractivity contribution is 7.23. The van der Waals surface area contributed by atoms with E-state index in [-0.39, 0.29) is 5.82 Å². The zero-order chi connectivity index (χ0) is 15.8. The van der Waals surface area contributed by atoms with E-state index in [0.29, 0.717) is 10.6 Å². The lowest BCUT2D eigenvalue weighted by Crippen LogP contribution is -1.85. The summed E-state index contributed by atoms with van der Waals surface area (Å²) in [4.78, 5) is 5.54. The Kier molecular flexibility index (Phi) is 3.59. The van der Waals surface area contributed by atoms with Gasteiger partial charge in [0.05, 0.1) is 9.70 Å². The van der Waals surface area contributed by atoms with Gasteiger partial charge in [-0.1, -0.05) is 47.2 Å². The van der Waals surface area contributed by atoms with E-state index in [4.69, 9.17) is 0 Å². The highest BCUT2D eigenvalue weighted by atomic mass is 32.1. The Labute approximate surface area is 141 Å². The number of thiazole rings is 1. The predicted molar refractivity (Wildman–Crippen MR) is 97.4 cm³/mol. The fourth-order valence-electron chi connectivity index (χ4n) is 2.43. The van der Waals surface area contributed by atoms with E-state index in [0.717, 1.165) is 9.70 Å². The number of nitrogens with one attached hydrogen (secondary N) is 1. The first kappa shape index (κ1) is 14.4. The van der Waals surface area contributed by atoms with Gasteiger partial charge in [0.2, 0.25) is 0 Å². The molecule has 2 aromatic carbocycles. The molecular formula is C18H13FN2S2. The van der Waals surface area contributed by atoms with Crippen LogP contribution in [0.2, 0.25) is 0 Å². The van der Waals surface area contributed by atoms with Crippen molar-refractivity contribution in [3.05, 3.63) is 66.0 Å². The van der Waals surface area contributed by atoms with Crippen LogP contribution in [-0.4, -0.2) is 4.98 Å². The minimum atomic E-state index is -0.279. The second-order valence-corrected chi connectivity index (χ2v) is 7.38. The number of rotatable bonds is 3. The second-order valence-electron chi connectivity index (χ2n) is 5.26. The van der Waals surface area contributed by atoms with Gasteiger partial charge < -0.3 is 5.32 Å². The molecule has 23 heavy (non-hydrogen) atoms. The van der Waals surface area contributed by atoms with Gasteiger partial charge in [0.1, 0.15) is 11.3 Å². The van der Waals surface area contributed by atoms with Gasteiger partial charge in [-0.25, -0.2) is 9.37 Å². The zero-order valence-electron chi connectivity index (χ0n) is 12.3. The molecular weight excluding hydrogens is 327 g/mol. The molecule has 0 radical (unpaired) electrons. The molecule has 0 aliphatic heterocycles. The van der Waals surface area contributed by atoms with Crippen LogP contribution in [0.1, 0.15) is 5.56 Å². The van der Waals surface area contributed by atoms with Crippen LogP contribution in [0, 0.1) is 12.7 Å². The van der Waals surface area contributed by atoms with E-state index in [1.54, 1.807) is 17.4 Å². The van der Waals surface area contributed by atoms with Crippen LogP contribution in [-0.2, 0) is 0 Å². The van der Waals surface area contributed by atoms with E-state index in [1.807, 2.05) is 12.1 Å². The number of para-hydroxylation sites is 1. The summed E-state index contributed by atoms with van der Waals surface area (Å²) in [6.07, 6.45) is 0. The summed E-state index contributed by atoms with van der Waals surface area (Å²) in [5.41, 5.74) is 2.88. The van der Waals surface area contributed by atoms with Crippen LogP contribution >= 0.6 is 22.7 Å². The van der Waals surface area contributed by atoms with Crippen LogP contribution in [0.5, 0.6) is 0 Å². The maximum atomic E-state index is 13.7. The number of aryl methyl sites for hydroxylation is 1. The first-order valence-electron chi connectivity index (χ1n) is 7.18. The highest BCUT2D eigenvalue weighted by Gasteiger charge is 2.09. The number of fused-ring (bicyclic) bond motifs is 1. The fourth-order valence-corrected chi connectivity index (χ4v) is 4.29. The molecule has 0 spiro atoms. The molecule has 114 valence electrons. The van der Waals surface area contributed by atoms with E-state index in [2.05, 4.69) is 47.6 Å². The molecule has 0 aliphatic rings. The SMILES string of the molecule is Cc1cccc(-c2ccc(Nc3nc4c(F)cccc4s3)s2)c1. The maximum absolute atomic E-state index is 13.7. The van der Waals surface area contributed by atoms with Gasteiger partial charge in [-0.05, 0) is 36.8 Å². The molecule has 2 nitrogen and oxygen atoms in total. The Morgan fingerprint density at radius 1 is 1.00 bits per heavy atom. The van der Waals surface area contributed by atoms with Gasteiger partial charge in [0.25, 0.3) is 0 Å². The van der Waals surface area contributed by atoms with Gasteiger partial charge in [-0.2, -0.15) is 0 Å². The molecule has 0 atom stereocenters. The van der Waals surface area contributed by atoms with Crippen LogP contribution < -0.4 is 5.32 Å². The molecule has 0 unspecified atom stereocenters. The number of hydrogen-bond acceptors (Lipinski definition) is 4. The lowest BCUT2D eigenvalue weighted by molar-refractivity contribution is 0.637. The maximum Gasteiger partial charge on any atom is 0.188 e. The Morgan fingerprint density at radius 3 is 2.70 bits per heavy atom. The van der Waals surface area contributed by atoms with Crippen molar-refractivity contribution in [2.24, 2.45) is 0 Å². The number of benzene rings is 2. The lowest BCUT2D eigenvalue weighted by atomic mass is 10.1. The van der Waals surface area contributed by atoms with Crippen LogP contribution in [0.3, 0.4) is 0 Å². The number of aromatic nitrogens is 1. The third-order valence-electron chi connectivity index (χ3n) is 3.51. The van der Waals surface area contributed by atoms with Crippen molar-refractivity contribution in [2.75, 3.05) is 5.32 Å². The molecule has 0 bridgehead atoms. The first-order chi connectivity index (χ1) is 11.2. The van der Waals surface area contributed by atoms with Crippen molar-refractivity contribution in [1.29, 1.82) is 0 Å². The molecule has 0 aliphatic carbocycles. The van der Waals surface area contributed by atoms with Crippen molar-refractivity contribution in [2.45, 2.75) is 6.92 Å². The number of nitrogens with zero attached hydrogens (tertiary/aromatic N) is 1. The normalized spacial score (nSPS) is 11.0. The summed E-state index contributed by atoms with van der Waals surface area (Å²) in [6.45, 7) is 2.09. The molecule has 2 aromatic heterocycles. The molecule has 1 N–H and O–H groups in total. The molecule has 2 heterocycles. The van der Waals surface area contributed by atoms with Crippen molar-refractivity contribution < 1.29 is 4.39 Å². The number of anilines is 2. The largest absolute Gasteiger partial charge is 0.323 e. The molecule has 4 aromatic rings. The van der Waals surface area contributed by atoms with E-state index >= 15 is 0 Å². The van der Waals surface area contributed by atoms with Gasteiger partial charge >= 0.3 is 0 Å². The van der Waals surface area contributed by atoms with Gasteiger partial charge in [-0.3, -0.25) is 0 Å². The molecule has 4 rings (SSSR count). The summed E-state index contributed by atoms with van der Waals surface area (Å²) in [5, 5.41) is 5.00. The molecule has 0 saturated carbocycles. The van der Waals surface area contributed by atoms with Crippen LogP contribution in [0.25, 0.3) is 20.7 Å². The van der Waals surface area contributed by atoms with Crippen LogP contribution in [0.15, 0.2) is 54.6 Å². The van der Waals surface area contributed by atoms with Crippen molar-refractivity contribution in [1.82, 2.24) is 4.98 Å². The Morgan fingerprint density at radius 2 is 1.87 bits per heavy atom. The summed E-state index contributed by atoms with van der Waals surface area (Å²) >= 11 is 3.12. The fraction of sp³-hybridized carbons (Fsp3) is 0.0556. The smallest absolute Gasteiger partial charge is 0.188 e. The van der Waals surface area contributed by atoms with Crippen LogP contribution in [0.4, 0.5) is 14.5 Å². The second kappa shape index (κ2) is 5.76. The minimum Gasteiger partial charge on any atom is -0.323 e. The van der Waals surface area contributed by atoms with E-state index in [9.17, 15) is 4.39 Å². The van der Waals surface area contributed by atoms with Gasteiger partial charge in [0.15, 0.2) is 5.13 Å². The first-order valence-corrected chi connectivity index (χ1v) is 8.81. The average molecular weight is 340 g/mol. The molecule has 0 amide bonds. The van der Waals surface area contributed by atoms with Gasteiger partial charge in [-0.15, -0.1) is 11.3 Å². The highest BCUT2D eigenvalue weighted by Crippen LogP contribution is 2.35. The Bertz CT molecular complexity index is 988. The van der Waals surface area contributed by atoms with Gasteiger partial charge in [0, 0.05) is 4.88 Å². The van der Waals surface area contributed by atoms with E-state index in [1.165, 1.54) is 33.4 Å². The Balaban J connectivity index is 1.63. The summed E-state index contributed by atoms with van der Waals surface area (Å²) < 4.78 is 14.6. The quantitative estimate of drug-likeness (QED) is 0.479. The zero-order valence-corrected chi connectivity index (χ0v) is 14.0. The monoisotopic (exact) mass is 340 g/mol. The third-order valence-corrected chi connectivity index (χ3v) is 5.49. The predicted octanol–water partition coefficient (Wildman–Crippen LogP) is 6.22. The Hall–Kier alpha value is -2.24. The summed E-state index contributed by atoms with van der Waals surface area (Å²) in [7, 11) is 0. The molecule has 5 heteroatoms. The number of thiophene rings is 1. The molecule has 0 fully saturated rings. The van der Waals surface area contributed by atoms with Crippen molar-refractivity contribution >= 4 is 43.0 Å². The van der Waals surface area contributed by atoms with Crippen molar-refractivity contribution in [3.8, 4) is 10.4 Å². The lowest BCUT2D eigenvalue weighted by Gasteiger charge is -1.99. The number of hydrogen-bond donors (Lipinski definition) is 1. The summed E-state index contributed by atoms with van der Waals surface area (Å²) in [6, 6.07) is 17.6. The topological polar surface area (TPSA) is 24.9 Å². The number of halogens is 1. The summed E-state index contributed by atoms with van der Waals surface area (Å²) in [5.74, 6) is -0.279. The standard InChI is InChI=1S/C18H13FN2S2/c1-11-4-2-5-12(10-11)14-8-9-16(22-14)20-18-21-17-13(19)6-3-7-15(17)23-18/h2-10H,1H3,(H,20,21).